The summed E-state index contributed by atoms with van der Waals surface area (Å²) in [6.07, 6.45) is 0. The zero-order chi connectivity index (χ0) is 15.2. The van der Waals surface area contributed by atoms with Gasteiger partial charge in [0.2, 0.25) is 0 Å². The predicted octanol–water partition coefficient (Wildman–Crippen LogP) is 3.44. The maximum absolute atomic E-state index is 10.7. The van der Waals surface area contributed by atoms with Crippen molar-refractivity contribution in [1.82, 2.24) is 0 Å². The van der Waals surface area contributed by atoms with Crippen molar-refractivity contribution in [2.45, 2.75) is 6.92 Å². The molecule has 1 N–H and O–H groups in total. The molecule has 0 fully saturated rings. The van der Waals surface area contributed by atoms with Crippen molar-refractivity contribution in [3.8, 4) is 5.75 Å². The van der Waals surface area contributed by atoms with E-state index in [0.29, 0.717) is 5.69 Å². The number of nitro groups is 1. The number of methoxy groups -OCH3 is 1. The van der Waals surface area contributed by atoms with E-state index in [0.717, 1.165) is 17.0 Å². The molecule has 2 rings (SSSR count). The van der Waals surface area contributed by atoms with Gasteiger partial charge in [0.1, 0.15) is 5.75 Å². The summed E-state index contributed by atoms with van der Waals surface area (Å²) in [6.45, 7) is 1.85. The summed E-state index contributed by atoms with van der Waals surface area (Å²) in [6, 6.07) is 13.7. The van der Waals surface area contributed by atoms with E-state index in [1.165, 1.54) is 12.1 Å². The molecular weight excluding hydrogens is 270 g/mol. The van der Waals surface area contributed by atoms with Gasteiger partial charge in [-0.05, 0) is 25.1 Å². The van der Waals surface area contributed by atoms with E-state index in [2.05, 4.69) is 10.5 Å². The largest absolute Gasteiger partial charge is 0.497 e. The van der Waals surface area contributed by atoms with Gasteiger partial charge in [0.25, 0.3) is 5.69 Å². The Morgan fingerprint density at radius 3 is 2.71 bits per heavy atom. The summed E-state index contributed by atoms with van der Waals surface area (Å²) >= 11 is 0. The van der Waals surface area contributed by atoms with E-state index in [1.54, 1.807) is 19.2 Å². The van der Waals surface area contributed by atoms with E-state index < -0.39 is 4.92 Å². The minimum absolute atomic E-state index is 0.0224. The molecule has 0 saturated carbocycles. The van der Waals surface area contributed by atoms with Crippen molar-refractivity contribution in [3.05, 3.63) is 64.2 Å². The molecular formula is C15H15N3O3. The minimum Gasteiger partial charge on any atom is -0.497 e. The fourth-order valence-electron chi connectivity index (χ4n) is 1.75. The number of rotatable bonds is 5. The number of nitro benzene ring substituents is 1. The highest BCUT2D eigenvalue weighted by atomic mass is 16.6. The van der Waals surface area contributed by atoms with Crippen LogP contribution < -0.4 is 10.2 Å². The average Bonchev–Trinajstić information content (AvgIpc) is 2.53. The van der Waals surface area contributed by atoms with Gasteiger partial charge < -0.3 is 4.74 Å². The molecule has 6 nitrogen and oxygen atoms in total. The van der Waals surface area contributed by atoms with Crippen LogP contribution in [-0.4, -0.2) is 17.7 Å². The summed E-state index contributed by atoms with van der Waals surface area (Å²) < 4.78 is 5.16. The second kappa shape index (κ2) is 6.51. The molecule has 0 saturated heterocycles. The van der Waals surface area contributed by atoms with Crippen LogP contribution in [0.15, 0.2) is 53.6 Å². The second-order valence-corrected chi connectivity index (χ2v) is 4.35. The fourth-order valence-corrected chi connectivity index (χ4v) is 1.75. The van der Waals surface area contributed by atoms with Crippen molar-refractivity contribution in [2.75, 3.05) is 12.5 Å². The third kappa shape index (κ3) is 3.79. The lowest BCUT2D eigenvalue weighted by Crippen LogP contribution is -2.00. The Bertz CT molecular complexity index is 683. The normalized spacial score (nSPS) is 11.0. The third-order valence-electron chi connectivity index (χ3n) is 2.90. The number of benzene rings is 2. The molecule has 0 bridgehead atoms. The number of hydrogen-bond acceptors (Lipinski definition) is 5. The number of nitrogens with zero attached hydrogens (tertiary/aromatic N) is 2. The van der Waals surface area contributed by atoms with Crippen molar-refractivity contribution in [3.63, 3.8) is 0 Å². The van der Waals surface area contributed by atoms with Crippen molar-refractivity contribution in [2.24, 2.45) is 5.10 Å². The molecule has 0 radical (unpaired) electrons. The summed E-state index contributed by atoms with van der Waals surface area (Å²) in [5, 5.41) is 14.9. The van der Waals surface area contributed by atoms with E-state index >= 15 is 0 Å². The number of hydrogen-bond donors (Lipinski definition) is 1. The van der Waals surface area contributed by atoms with Crippen molar-refractivity contribution < 1.29 is 9.66 Å². The summed E-state index contributed by atoms with van der Waals surface area (Å²) in [7, 11) is 1.60. The summed E-state index contributed by atoms with van der Waals surface area (Å²) in [5.41, 5.74) is 5.06. The second-order valence-electron chi connectivity index (χ2n) is 4.35. The molecule has 0 aliphatic rings. The zero-order valence-electron chi connectivity index (χ0n) is 11.7. The standard InChI is InChI=1S/C15H15N3O3/c1-11(12-5-3-8-15(9-12)21-2)16-17-13-6-4-7-14(10-13)18(19)20/h3-10,17H,1-2H3/b16-11+. The smallest absolute Gasteiger partial charge is 0.271 e. The molecule has 0 aliphatic carbocycles. The minimum atomic E-state index is -0.441. The number of anilines is 1. The van der Waals surface area contributed by atoms with Crippen LogP contribution in [0, 0.1) is 10.1 Å². The fraction of sp³-hybridized carbons (Fsp3) is 0.133. The molecule has 6 heteroatoms. The van der Waals surface area contributed by atoms with E-state index in [9.17, 15) is 10.1 Å². The number of non-ortho nitro benzene ring substituents is 1. The highest BCUT2D eigenvalue weighted by molar-refractivity contribution is 5.99. The Kier molecular flexibility index (Phi) is 4.50. The first kappa shape index (κ1) is 14.5. The predicted molar refractivity (Wildman–Crippen MR) is 81.9 cm³/mol. The van der Waals surface area contributed by atoms with Gasteiger partial charge in [0.05, 0.1) is 23.4 Å². The Balaban J connectivity index is 2.16. The highest BCUT2D eigenvalue weighted by Crippen LogP contribution is 2.18. The molecule has 0 aliphatic heterocycles. The van der Waals surface area contributed by atoms with Crippen LogP contribution in [0.2, 0.25) is 0 Å². The Labute approximate surface area is 122 Å². The first-order chi connectivity index (χ1) is 10.1. The number of nitrogens with one attached hydrogen (secondary N) is 1. The van der Waals surface area contributed by atoms with Crippen molar-refractivity contribution >= 4 is 17.1 Å². The molecule has 0 atom stereocenters. The lowest BCUT2D eigenvalue weighted by molar-refractivity contribution is -0.384. The van der Waals surface area contributed by atoms with Crippen LogP contribution in [-0.2, 0) is 0 Å². The van der Waals surface area contributed by atoms with Gasteiger partial charge >= 0.3 is 0 Å². The van der Waals surface area contributed by atoms with Gasteiger partial charge in [-0.3, -0.25) is 15.5 Å². The summed E-state index contributed by atoms with van der Waals surface area (Å²) in [4.78, 5) is 10.3. The molecule has 108 valence electrons. The molecule has 0 amide bonds. The van der Waals surface area contributed by atoms with Gasteiger partial charge in [0.15, 0.2) is 0 Å². The van der Waals surface area contributed by atoms with Crippen LogP contribution in [0.4, 0.5) is 11.4 Å². The van der Waals surface area contributed by atoms with Gasteiger partial charge in [-0.15, -0.1) is 0 Å². The monoisotopic (exact) mass is 285 g/mol. The Morgan fingerprint density at radius 1 is 1.24 bits per heavy atom. The molecule has 0 aromatic heterocycles. The maximum atomic E-state index is 10.7. The third-order valence-corrected chi connectivity index (χ3v) is 2.90. The molecule has 2 aromatic rings. The molecule has 21 heavy (non-hydrogen) atoms. The van der Waals surface area contributed by atoms with Crippen LogP contribution in [0.5, 0.6) is 5.75 Å². The van der Waals surface area contributed by atoms with Crippen molar-refractivity contribution in [1.29, 1.82) is 0 Å². The zero-order valence-corrected chi connectivity index (χ0v) is 11.7. The lowest BCUT2D eigenvalue weighted by Gasteiger charge is -2.05. The van der Waals surface area contributed by atoms with E-state index in [-0.39, 0.29) is 5.69 Å². The number of ether oxygens (including phenoxy) is 1. The highest BCUT2D eigenvalue weighted by Gasteiger charge is 2.05. The lowest BCUT2D eigenvalue weighted by atomic mass is 10.1. The van der Waals surface area contributed by atoms with Crippen LogP contribution >= 0.6 is 0 Å². The first-order valence-electron chi connectivity index (χ1n) is 6.29. The molecule has 2 aromatic carbocycles. The SMILES string of the molecule is COc1cccc(/C(C)=N/Nc2cccc([N+](=O)[O-])c2)c1. The van der Waals surface area contributed by atoms with Gasteiger partial charge in [-0.2, -0.15) is 5.10 Å². The molecule has 0 spiro atoms. The first-order valence-corrected chi connectivity index (χ1v) is 6.29. The van der Waals surface area contributed by atoms with E-state index in [1.807, 2.05) is 31.2 Å². The van der Waals surface area contributed by atoms with Crippen LogP contribution in [0.1, 0.15) is 12.5 Å². The topological polar surface area (TPSA) is 76.8 Å². The van der Waals surface area contributed by atoms with E-state index in [4.69, 9.17) is 4.74 Å². The van der Waals surface area contributed by atoms with Crippen LogP contribution in [0.3, 0.4) is 0 Å². The molecule has 0 unspecified atom stereocenters. The Hall–Kier alpha value is -2.89. The van der Waals surface area contributed by atoms with Gasteiger partial charge in [-0.1, -0.05) is 18.2 Å². The van der Waals surface area contributed by atoms with Gasteiger partial charge in [-0.25, -0.2) is 0 Å². The quantitative estimate of drug-likeness (QED) is 0.518. The number of hydrazone groups is 1. The van der Waals surface area contributed by atoms with Crippen LogP contribution in [0.25, 0.3) is 0 Å². The van der Waals surface area contributed by atoms with Gasteiger partial charge in [0, 0.05) is 17.7 Å². The Morgan fingerprint density at radius 2 is 2.00 bits per heavy atom. The maximum Gasteiger partial charge on any atom is 0.271 e. The summed E-state index contributed by atoms with van der Waals surface area (Å²) in [5.74, 6) is 0.748. The average molecular weight is 285 g/mol. The molecule has 0 heterocycles.